The summed E-state index contributed by atoms with van der Waals surface area (Å²) >= 11 is 0. The number of para-hydroxylation sites is 1. The number of anilines is 2. The topological polar surface area (TPSA) is 61.9 Å². The minimum atomic E-state index is -0.0519. The summed E-state index contributed by atoms with van der Waals surface area (Å²) in [4.78, 5) is 28.9. The number of rotatable bonds is 4. The third-order valence-electron chi connectivity index (χ3n) is 5.25. The van der Waals surface area contributed by atoms with Crippen molar-refractivity contribution >= 4 is 23.2 Å². The first-order valence-electron chi connectivity index (χ1n) is 9.80. The van der Waals surface area contributed by atoms with Crippen molar-refractivity contribution in [1.29, 1.82) is 0 Å². The molecule has 2 amide bonds. The molecule has 0 spiro atoms. The lowest BCUT2D eigenvalue weighted by atomic mass is 10.0. The second-order valence-electron chi connectivity index (χ2n) is 7.18. The fourth-order valence-corrected chi connectivity index (χ4v) is 3.79. The molecule has 6 nitrogen and oxygen atoms in total. The van der Waals surface area contributed by atoms with E-state index in [1.165, 1.54) is 5.56 Å². The number of carbonyl (C=O) groups is 2. The molecule has 1 saturated heterocycles. The van der Waals surface area contributed by atoms with Crippen molar-refractivity contribution in [3.05, 3.63) is 59.7 Å². The van der Waals surface area contributed by atoms with Crippen LogP contribution in [0.25, 0.3) is 0 Å². The number of hydrogen-bond acceptors (Lipinski definition) is 4. The van der Waals surface area contributed by atoms with Crippen LogP contribution in [0.1, 0.15) is 22.3 Å². The lowest BCUT2D eigenvalue weighted by Crippen LogP contribution is -2.40. The van der Waals surface area contributed by atoms with Gasteiger partial charge in [-0.25, -0.2) is 0 Å². The van der Waals surface area contributed by atoms with E-state index in [-0.39, 0.29) is 11.8 Å². The fourth-order valence-electron chi connectivity index (χ4n) is 3.79. The highest BCUT2D eigenvalue weighted by molar-refractivity contribution is 5.97. The standard InChI is InChI=1S/C22H25N3O3/c26-21(16-25-11-3-5-17-4-1-2-6-20(17)25)23-19-9-7-18(8-10-19)22(27)24-12-14-28-15-13-24/h1-2,4,6-10H,3,5,11-16H2,(H,23,26). The summed E-state index contributed by atoms with van der Waals surface area (Å²) in [5, 5.41) is 2.94. The summed E-state index contributed by atoms with van der Waals surface area (Å²) in [7, 11) is 0. The zero-order valence-electron chi connectivity index (χ0n) is 15.9. The van der Waals surface area contributed by atoms with E-state index in [1.807, 2.05) is 12.1 Å². The molecule has 1 fully saturated rings. The number of hydrogen-bond donors (Lipinski definition) is 1. The van der Waals surface area contributed by atoms with Crippen LogP contribution < -0.4 is 10.2 Å². The zero-order chi connectivity index (χ0) is 19.3. The maximum atomic E-state index is 12.5. The Morgan fingerprint density at radius 2 is 1.71 bits per heavy atom. The van der Waals surface area contributed by atoms with Crippen molar-refractivity contribution in [2.24, 2.45) is 0 Å². The normalized spacial score (nSPS) is 16.4. The van der Waals surface area contributed by atoms with Crippen LogP contribution in [-0.4, -0.2) is 56.1 Å². The summed E-state index contributed by atoms with van der Waals surface area (Å²) in [6.07, 6.45) is 2.12. The Hall–Kier alpha value is -2.86. The van der Waals surface area contributed by atoms with Gasteiger partial charge in [0.05, 0.1) is 19.8 Å². The molecule has 2 heterocycles. The molecule has 4 rings (SSSR count). The third kappa shape index (κ3) is 4.17. The van der Waals surface area contributed by atoms with Crippen molar-refractivity contribution < 1.29 is 14.3 Å². The molecule has 6 heteroatoms. The minimum Gasteiger partial charge on any atom is -0.378 e. The van der Waals surface area contributed by atoms with Crippen molar-refractivity contribution in [3.8, 4) is 0 Å². The smallest absolute Gasteiger partial charge is 0.254 e. The van der Waals surface area contributed by atoms with Gasteiger partial charge < -0.3 is 19.9 Å². The quantitative estimate of drug-likeness (QED) is 0.887. The fraction of sp³-hybridized carbons (Fsp3) is 0.364. The number of morpholine rings is 1. The number of ether oxygens (including phenoxy) is 1. The molecule has 0 bridgehead atoms. The van der Waals surface area contributed by atoms with Gasteiger partial charge in [0.2, 0.25) is 5.91 Å². The molecule has 2 aliphatic heterocycles. The lowest BCUT2D eigenvalue weighted by Gasteiger charge is -2.30. The molecular weight excluding hydrogens is 354 g/mol. The molecule has 2 aromatic carbocycles. The van der Waals surface area contributed by atoms with E-state index in [0.29, 0.717) is 44.1 Å². The molecule has 0 radical (unpaired) electrons. The van der Waals surface area contributed by atoms with Gasteiger partial charge in [-0.3, -0.25) is 9.59 Å². The number of aryl methyl sites for hydroxylation is 1. The Kier molecular flexibility index (Phi) is 5.58. The lowest BCUT2D eigenvalue weighted by molar-refractivity contribution is -0.115. The van der Waals surface area contributed by atoms with Crippen LogP contribution in [-0.2, 0) is 16.0 Å². The molecule has 2 aromatic rings. The van der Waals surface area contributed by atoms with E-state index < -0.39 is 0 Å². The highest BCUT2D eigenvalue weighted by atomic mass is 16.5. The monoisotopic (exact) mass is 379 g/mol. The van der Waals surface area contributed by atoms with Crippen molar-refractivity contribution in [2.45, 2.75) is 12.8 Å². The van der Waals surface area contributed by atoms with Gasteiger partial charge in [0.1, 0.15) is 0 Å². The van der Waals surface area contributed by atoms with Crippen LogP contribution in [0.5, 0.6) is 0 Å². The summed E-state index contributed by atoms with van der Waals surface area (Å²) in [6.45, 7) is 3.62. The molecular formula is C22H25N3O3. The molecule has 28 heavy (non-hydrogen) atoms. The van der Waals surface area contributed by atoms with Gasteiger partial charge in [-0.15, -0.1) is 0 Å². The van der Waals surface area contributed by atoms with E-state index in [4.69, 9.17) is 4.74 Å². The van der Waals surface area contributed by atoms with Gasteiger partial charge >= 0.3 is 0 Å². The SMILES string of the molecule is O=C(CN1CCCc2ccccc21)Nc1ccc(C(=O)N2CCOCC2)cc1. The van der Waals surface area contributed by atoms with Gasteiger partial charge in [-0.1, -0.05) is 18.2 Å². The van der Waals surface area contributed by atoms with Crippen LogP contribution >= 0.6 is 0 Å². The van der Waals surface area contributed by atoms with E-state index in [9.17, 15) is 9.59 Å². The third-order valence-corrected chi connectivity index (χ3v) is 5.25. The van der Waals surface area contributed by atoms with Gasteiger partial charge in [0, 0.05) is 36.6 Å². The Balaban J connectivity index is 1.36. The first-order chi connectivity index (χ1) is 13.7. The largest absolute Gasteiger partial charge is 0.378 e. The minimum absolute atomic E-state index is 0.00565. The number of fused-ring (bicyclic) bond motifs is 1. The maximum absolute atomic E-state index is 12.5. The predicted octanol–water partition coefficient (Wildman–Crippen LogP) is 2.55. The molecule has 0 atom stereocenters. The Bertz CT molecular complexity index is 844. The number of nitrogens with one attached hydrogen (secondary N) is 1. The molecule has 0 saturated carbocycles. The summed E-state index contributed by atoms with van der Waals surface area (Å²) in [6, 6.07) is 15.4. The van der Waals surface area contributed by atoms with E-state index >= 15 is 0 Å². The van der Waals surface area contributed by atoms with E-state index in [0.717, 1.165) is 25.1 Å². The van der Waals surface area contributed by atoms with Crippen LogP contribution in [0.3, 0.4) is 0 Å². The number of amides is 2. The Morgan fingerprint density at radius 3 is 2.50 bits per heavy atom. The van der Waals surface area contributed by atoms with Crippen molar-refractivity contribution in [2.75, 3.05) is 49.6 Å². The molecule has 0 unspecified atom stereocenters. The highest BCUT2D eigenvalue weighted by Crippen LogP contribution is 2.26. The van der Waals surface area contributed by atoms with Crippen LogP contribution in [0.15, 0.2) is 48.5 Å². The van der Waals surface area contributed by atoms with Gasteiger partial charge in [-0.05, 0) is 48.7 Å². The maximum Gasteiger partial charge on any atom is 0.254 e. The second kappa shape index (κ2) is 8.44. The summed E-state index contributed by atoms with van der Waals surface area (Å²) in [5.74, 6) is -0.0462. The zero-order valence-corrected chi connectivity index (χ0v) is 15.9. The summed E-state index contributed by atoms with van der Waals surface area (Å²) in [5.41, 5.74) is 3.78. The molecule has 1 N–H and O–H groups in total. The van der Waals surface area contributed by atoms with Gasteiger partial charge in [0.15, 0.2) is 0 Å². The van der Waals surface area contributed by atoms with Crippen LogP contribution in [0.2, 0.25) is 0 Å². The van der Waals surface area contributed by atoms with E-state index in [1.54, 1.807) is 29.2 Å². The van der Waals surface area contributed by atoms with E-state index in [2.05, 4.69) is 22.3 Å². The van der Waals surface area contributed by atoms with Crippen molar-refractivity contribution in [3.63, 3.8) is 0 Å². The molecule has 0 aliphatic carbocycles. The predicted molar refractivity (Wildman–Crippen MR) is 109 cm³/mol. The molecule has 0 aromatic heterocycles. The van der Waals surface area contributed by atoms with Crippen LogP contribution in [0, 0.1) is 0 Å². The number of benzene rings is 2. The number of carbonyl (C=O) groups excluding carboxylic acids is 2. The average molecular weight is 379 g/mol. The summed E-state index contributed by atoms with van der Waals surface area (Å²) < 4.78 is 5.29. The Morgan fingerprint density at radius 1 is 0.964 bits per heavy atom. The Labute approximate surface area is 165 Å². The first kappa shape index (κ1) is 18.5. The number of nitrogens with zero attached hydrogens (tertiary/aromatic N) is 2. The van der Waals surface area contributed by atoms with Gasteiger partial charge in [-0.2, -0.15) is 0 Å². The van der Waals surface area contributed by atoms with Crippen molar-refractivity contribution in [1.82, 2.24) is 4.90 Å². The first-order valence-corrected chi connectivity index (χ1v) is 9.80. The average Bonchev–Trinajstić information content (AvgIpc) is 2.75. The van der Waals surface area contributed by atoms with Crippen LogP contribution in [0.4, 0.5) is 11.4 Å². The second-order valence-corrected chi connectivity index (χ2v) is 7.18. The molecule has 146 valence electrons. The molecule has 2 aliphatic rings. The highest BCUT2D eigenvalue weighted by Gasteiger charge is 2.20. The van der Waals surface area contributed by atoms with Gasteiger partial charge in [0.25, 0.3) is 5.91 Å².